The van der Waals surface area contributed by atoms with Crippen LogP contribution in [0.3, 0.4) is 0 Å². The Morgan fingerprint density at radius 2 is 2.29 bits per heavy atom. The van der Waals surface area contributed by atoms with Crippen LogP contribution in [0.4, 0.5) is 0 Å². The van der Waals surface area contributed by atoms with Gasteiger partial charge < -0.3 is 5.32 Å². The van der Waals surface area contributed by atoms with Crippen LogP contribution in [0.1, 0.15) is 38.1 Å². The Labute approximate surface area is 112 Å². The zero-order chi connectivity index (χ0) is 12.3. The number of thioether (sulfide) groups is 1. The van der Waals surface area contributed by atoms with Crippen molar-refractivity contribution in [1.82, 2.24) is 5.32 Å². The van der Waals surface area contributed by atoms with E-state index in [0.717, 1.165) is 16.8 Å². The van der Waals surface area contributed by atoms with E-state index in [1.54, 1.807) is 11.3 Å². The Morgan fingerprint density at radius 3 is 2.94 bits per heavy atom. The fraction of sp³-hybridized carbons (Fsp3) is 0.615. The first-order valence-electron chi connectivity index (χ1n) is 6.15. The number of hydrogen-bond acceptors (Lipinski definition) is 4. The van der Waals surface area contributed by atoms with Crippen molar-refractivity contribution in [3.8, 4) is 0 Å². The van der Waals surface area contributed by atoms with Crippen LogP contribution in [-0.4, -0.2) is 17.0 Å². The van der Waals surface area contributed by atoms with E-state index in [1.165, 1.54) is 11.3 Å². The highest BCUT2D eigenvalue weighted by atomic mass is 32.2. The molecule has 1 aliphatic rings. The number of rotatable bonds is 4. The van der Waals surface area contributed by atoms with Crippen molar-refractivity contribution in [2.45, 2.75) is 39.3 Å². The maximum absolute atomic E-state index is 4.75. The zero-order valence-corrected chi connectivity index (χ0v) is 12.3. The third kappa shape index (κ3) is 3.75. The molecule has 0 saturated heterocycles. The van der Waals surface area contributed by atoms with Crippen molar-refractivity contribution in [3.63, 3.8) is 0 Å². The molecular weight excluding hydrogens is 248 g/mol. The number of amidine groups is 1. The van der Waals surface area contributed by atoms with E-state index in [1.807, 2.05) is 11.8 Å². The lowest BCUT2D eigenvalue weighted by atomic mass is 10.1. The van der Waals surface area contributed by atoms with Crippen LogP contribution in [0, 0.1) is 5.92 Å². The summed E-state index contributed by atoms with van der Waals surface area (Å²) >= 11 is 3.66. The molecule has 2 unspecified atom stereocenters. The fourth-order valence-electron chi connectivity index (χ4n) is 1.95. The van der Waals surface area contributed by atoms with Gasteiger partial charge in [-0.05, 0) is 30.7 Å². The number of nitrogens with zero attached hydrogens (tertiary/aromatic N) is 1. The predicted octanol–water partition coefficient (Wildman–Crippen LogP) is 3.92. The monoisotopic (exact) mass is 268 g/mol. The molecule has 0 amide bonds. The van der Waals surface area contributed by atoms with Crippen LogP contribution in [-0.2, 0) is 0 Å². The summed E-state index contributed by atoms with van der Waals surface area (Å²) < 4.78 is 0. The van der Waals surface area contributed by atoms with Gasteiger partial charge in [-0.25, -0.2) is 0 Å². The molecule has 0 spiro atoms. The lowest BCUT2D eigenvalue weighted by molar-refractivity contribution is 0.528. The summed E-state index contributed by atoms with van der Waals surface area (Å²) in [7, 11) is 0. The van der Waals surface area contributed by atoms with Gasteiger partial charge in [0.25, 0.3) is 0 Å². The van der Waals surface area contributed by atoms with Gasteiger partial charge in [0.05, 0.1) is 12.1 Å². The number of aliphatic imine (C=N–C) groups is 1. The second-order valence-corrected chi connectivity index (χ2v) is 6.90. The van der Waals surface area contributed by atoms with Crippen LogP contribution < -0.4 is 5.32 Å². The molecule has 0 fully saturated rings. The SMILES string of the molecule is CC(C)CC1CSC(NC(C)c2cccs2)=N1. The van der Waals surface area contributed by atoms with Gasteiger partial charge in [-0.2, -0.15) is 0 Å². The molecule has 2 nitrogen and oxygen atoms in total. The van der Waals surface area contributed by atoms with Gasteiger partial charge in [0.2, 0.25) is 0 Å². The normalized spacial score (nSPS) is 21.6. The minimum absolute atomic E-state index is 0.374. The van der Waals surface area contributed by atoms with Gasteiger partial charge in [0.15, 0.2) is 5.17 Å². The van der Waals surface area contributed by atoms with Gasteiger partial charge in [-0.3, -0.25) is 4.99 Å². The second-order valence-electron chi connectivity index (χ2n) is 4.91. The van der Waals surface area contributed by atoms with Gasteiger partial charge in [-0.1, -0.05) is 31.7 Å². The van der Waals surface area contributed by atoms with E-state index in [4.69, 9.17) is 4.99 Å². The van der Waals surface area contributed by atoms with Gasteiger partial charge in [0, 0.05) is 10.6 Å². The summed E-state index contributed by atoms with van der Waals surface area (Å²) in [6.07, 6.45) is 1.20. The number of thiophene rings is 1. The lowest BCUT2D eigenvalue weighted by Crippen LogP contribution is -2.22. The fourth-order valence-corrected chi connectivity index (χ4v) is 3.73. The molecule has 0 aromatic carbocycles. The summed E-state index contributed by atoms with van der Waals surface area (Å²) in [5.74, 6) is 1.87. The first-order chi connectivity index (χ1) is 8.15. The molecule has 1 aliphatic heterocycles. The molecule has 1 N–H and O–H groups in total. The molecule has 0 bridgehead atoms. The van der Waals surface area contributed by atoms with Crippen LogP contribution in [0.5, 0.6) is 0 Å². The molecule has 0 saturated carbocycles. The molecule has 1 aromatic rings. The minimum Gasteiger partial charge on any atom is -0.358 e. The minimum atomic E-state index is 0.374. The third-order valence-corrected chi connectivity index (χ3v) is 4.87. The quantitative estimate of drug-likeness (QED) is 0.895. The van der Waals surface area contributed by atoms with Crippen molar-refractivity contribution < 1.29 is 0 Å². The highest BCUT2D eigenvalue weighted by Crippen LogP contribution is 2.25. The summed E-state index contributed by atoms with van der Waals surface area (Å²) in [5.41, 5.74) is 0. The van der Waals surface area contributed by atoms with Crippen LogP contribution in [0.25, 0.3) is 0 Å². The standard InChI is InChI=1S/C13H20N2S2/c1-9(2)7-11-8-17-13(15-11)14-10(3)12-5-4-6-16-12/h4-6,9-11H,7-8H2,1-3H3,(H,14,15). The Bertz CT molecular complexity index is 371. The molecule has 17 heavy (non-hydrogen) atoms. The number of hydrogen-bond donors (Lipinski definition) is 1. The molecule has 2 atom stereocenters. The summed E-state index contributed by atoms with van der Waals surface area (Å²) in [4.78, 5) is 6.13. The maximum Gasteiger partial charge on any atom is 0.157 e. The smallest absolute Gasteiger partial charge is 0.157 e. The van der Waals surface area contributed by atoms with Crippen LogP contribution in [0.15, 0.2) is 22.5 Å². The first-order valence-corrected chi connectivity index (χ1v) is 8.02. The van der Waals surface area contributed by atoms with Crippen molar-refractivity contribution in [2.75, 3.05) is 5.75 Å². The van der Waals surface area contributed by atoms with Crippen molar-refractivity contribution in [3.05, 3.63) is 22.4 Å². The number of nitrogens with one attached hydrogen (secondary N) is 1. The van der Waals surface area contributed by atoms with E-state index in [-0.39, 0.29) is 0 Å². The van der Waals surface area contributed by atoms with E-state index < -0.39 is 0 Å². The van der Waals surface area contributed by atoms with Crippen LogP contribution >= 0.6 is 23.1 Å². The van der Waals surface area contributed by atoms with Gasteiger partial charge in [0.1, 0.15) is 0 Å². The van der Waals surface area contributed by atoms with Crippen molar-refractivity contribution in [1.29, 1.82) is 0 Å². The molecule has 2 heterocycles. The predicted molar refractivity (Wildman–Crippen MR) is 79.0 cm³/mol. The molecule has 94 valence electrons. The lowest BCUT2D eigenvalue weighted by Gasteiger charge is -2.12. The summed E-state index contributed by atoms with van der Waals surface area (Å²) in [6.45, 7) is 6.73. The zero-order valence-electron chi connectivity index (χ0n) is 10.6. The molecular formula is C13H20N2S2. The van der Waals surface area contributed by atoms with E-state index in [9.17, 15) is 0 Å². The Kier molecular flexibility index (Phi) is 4.51. The largest absolute Gasteiger partial charge is 0.358 e. The third-order valence-electron chi connectivity index (χ3n) is 2.77. The average molecular weight is 268 g/mol. The topological polar surface area (TPSA) is 24.4 Å². The van der Waals surface area contributed by atoms with Gasteiger partial charge >= 0.3 is 0 Å². The Balaban J connectivity index is 1.88. The van der Waals surface area contributed by atoms with Crippen molar-refractivity contribution in [2.24, 2.45) is 10.9 Å². The Morgan fingerprint density at radius 1 is 1.47 bits per heavy atom. The average Bonchev–Trinajstić information content (AvgIpc) is 2.87. The van der Waals surface area contributed by atoms with E-state index in [0.29, 0.717) is 12.1 Å². The highest BCUT2D eigenvalue weighted by Gasteiger charge is 2.20. The van der Waals surface area contributed by atoms with Gasteiger partial charge in [-0.15, -0.1) is 11.3 Å². The van der Waals surface area contributed by atoms with E-state index in [2.05, 4.69) is 43.6 Å². The highest BCUT2D eigenvalue weighted by molar-refractivity contribution is 8.14. The summed E-state index contributed by atoms with van der Waals surface area (Å²) in [6, 6.07) is 5.16. The Hall–Kier alpha value is -0.480. The van der Waals surface area contributed by atoms with E-state index >= 15 is 0 Å². The molecule has 4 heteroatoms. The molecule has 0 radical (unpaired) electrons. The summed E-state index contributed by atoms with van der Waals surface area (Å²) in [5, 5.41) is 6.75. The second kappa shape index (κ2) is 5.91. The molecule has 2 rings (SSSR count). The first kappa shape index (κ1) is 13.0. The molecule has 1 aromatic heterocycles. The van der Waals surface area contributed by atoms with Crippen molar-refractivity contribution >= 4 is 28.3 Å². The van der Waals surface area contributed by atoms with Crippen LogP contribution in [0.2, 0.25) is 0 Å². The maximum atomic E-state index is 4.75. The molecule has 0 aliphatic carbocycles.